The van der Waals surface area contributed by atoms with Gasteiger partial charge in [-0.2, -0.15) is 0 Å². The van der Waals surface area contributed by atoms with Gasteiger partial charge in [0.05, 0.1) is 6.57 Å². The Bertz CT molecular complexity index is 2010. The minimum atomic E-state index is 0.634. The zero-order valence-electron chi connectivity index (χ0n) is 21.0. The number of para-hydroxylation sites is 2. The van der Waals surface area contributed by atoms with Crippen molar-refractivity contribution < 1.29 is 4.42 Å². The molecule has 0 aliphatic rings. The molecule has 0 N–H and O–H groups in total. The van der Waals surface area contributed by atoms with Gasteiger partial charge in [-0.05, 0) is 33.9 Å². The summed E-state index contributed by atoms with van der Waals surface area (Å²) in [6.45, 7) is 7.29. The van der Waals surface area contributed by atoms with E-state index in [9.17, 15) is 0 Å². The molecule has 7 aromatic rings. The van der Waals surface area contributed by atoms with Crippen molar-refractivity contribution in [3.63, 3.8) is 0 Å². The standard InChI is InChI=1S/C36H22N2O/c1-37-26-20-18-24(19-21-26)27-10-2-4-12-29(27)31-14-6-16-33-34-17-7-15-32(36(34)39-35(31)33)30-13-5-3-11-28(30)25-9-8-22-38-23-25/h2-23H. The van der Waals surface area contributed by atoms with Crippen LogP contribution in [-0.4, -0.2) is 4.98 Å². The molecule has 0 saturated heterocycles. The number of fused-ring (bicyclic) bond motifs is 3. The molecule has 2 heterocycles. The van der Waals surface area contributed by atoms with E-state index >= 15 is 0 Å². The summed E-state index contributed by atoms with van der Waals surface area (Å²) >= 11 is 0. The van der Waals surface area contributed by atoms with Crippen LogP contribution in [0.4, 0.5) is 5.69 Å². The lowest BCUT2D eigenvalue weighted by molar-refractivity contribution is 0.671. The fraction of sp³-hybridized carbons (Fsp3) is 0. The Morgan fingerprint density at radius 2 is 1.03 bits per heavy atom. The average molecular weight is 499 g/mol. The molecule has 0 saturated carbocycles. The lowest BCUT2D eigenvalue weighted by Crippen LogP contribution is -1.86. The van der Waals surface area contributed by atoms with E-state index in [0.717, 1.165) is 66.4 Å². The third kappa shape index (κ3) is 3.87. The maximum Gasteiger partial charge on any atom is 0.187 e. The maximum absolute atomic E-state index is 7.29. The highest BCUT2D eigenvalue weighted by molar-refractivity contribution is 6.14. The molecule has 0 aliphatic carbocycles. The summed E-state index contributed by atoms with van der Waals surface area (Å²) in [4.78, 5) is 7.88. The van der Waals surface area contributed by atoms with Gasteiger partial charge in [0.2, 0.25) is 0 Å². The van der Waals surface area contributed by atoms with E-state index in [1.165, 1.54) is 0 Å². The Morgan fingerprint density at radius 3 is 1.56 bits per heavy atom. The Kier molecular flexibility index (Phi) is 5.50. The first-order valence-corrected chi connectivity index (χ1v) is 12.8. The smallest absolute Gasteiger partial charge is 0.187 e. The fourth-order valence-electron chi connectivity index (χ4n) is 5.42. The number of nitrogens with zero attached hydrogens (tertiary/aromatic N) is 2. The van der Waals surface area contributed by atoms with Gasteiger partial charge in [-0.25, -0.2) is 4.85 Å². The predicted molar refractivity (Wildman–Crippen MR) is 160 cm³/mol. The molecule has 2 aromatic heterocycles. The molecule has 7 rings (SSSR count). The zero-order valence-corrected chi connectivity index (χ0v) is 21.0. The summed E-state index contributed by atoms with van der Waals surface area (Å²) in [6, 6.07) is 41.3. The Balaban J connectivity index is 1.45. The van der Waals surface area contributed by atoms with Gasteiger partial charge in [-0.15, -0.1) is 0 Å². The van der Waals surface area contributed by atoms with E-state index < -0.39 is 0 Å². The molecular formula is C36H22N2O. The SMILES string of the molecule is [C-]#[N+]c1ccc(-c2ccccc2-c2cccc3c2oc2c(-c4ccccc4-c4cccnc4)cccc23)cc1. The second kappa shape index (κ2) is 9.45. The second-order valence-corrected chi connectivity index (χ2v) is 9.46. The number of hydrogen-bond acceptors (Lipinski definition) is 2. The van der Waals surface area contributed by atoms with Crippen molar-refractivity contribution in [2.45, 2.75) is 0 Å². The molecule has 0 spiro atoms. The molecule has 0 bridgehead atoms. The number of benzene rings is 5. The second-order valence-electron chi connectivity index (χ2n) is 9.46. The molecule has 3 nitrogen and oxygen atoms in total. The first kappa shape index (κ1) is 22.7. The van der Waals surface area contributed by atoms with E-state index in [0.29, 0.717) is 5.69 Å². The number of hydrogen-bond donors (Lipinski definition) is 0. The molecule has 182 valence electrons. The maximum atomic E-state index is 7.29. The van der Waals surface area contributed by atoms with Crippen molar-refractivity contribution in [1.82, 2.24) is 4.98 Å². The highest BCUT2D eigenvalue weighted by atomic mass is 16.3. The summed E-state index contributed by atoms with van der Waals surface area (Å²) in [6.07, 6.45) is 3.70. The summed E-state index contributed by atoms with van der Waals surface area (Å²) < 4.78 is 6.79. The molecular weight excluding hydrogens is 476 g/mol. The minimum Gasteiger partial charge on any atom is -0.455 e. The molecule has 0 atom stereocenters. The van der Waals surface area contributed by atoms with E-state index in [1.54, 1.807) is 6.20 Å². The van der Waals surface area contributed by atoms with Crippen molar-refractivity contribution in [1.29, 1.82) is 0 Å². The quantitative estimate of drug-likeness (QED) is 0.226. The van der Waals surface area contributed by atoms with Crippen LogP contribution in [0.1, 0.15) is 0 Å². The van der Waals surface area contributed by atoms with Crippen LogP contribution in [0, 0.1) is 6.57 Å². The molecule has 0 aliphatic heterocycles. The average Bonchev–Trinajstić information content (AvgIpc) is 3.41. The van der Waals surface area contributed by atoms with Crippen molar-refractivity contribution in [2.24, 2.45) is 0 Å². The van der Waals surface area contributed by atoms with Crippen LogP contribution in [0.2, 0.25) is 0 Å². The highest BCUT2D eigenvalue weighted by Gasteiger charge is 2.18. The molecule has 0 fully saturated rings. The van der Waals surface area contributed by atoms with Gasteiger partial charge in [-0.3, -0.25) is 4.98 Å². The number of aromatic nitrogens is 1. The van der Waals surface area contributed by atoms with Gasteiger partial charge >= 0.3 is 0 Å². The van der Waals surface area contributed by atoms with Crippen molar-refractivity contribution in [3.8, 4) is 44.5 Å². The third-order valence-electron chi connectivity index (χ3n) is 7.24. The summed E-state index contributed by atoms with van der Waals surface area (Å²) in [5.41, 5.74) is 11.0. The molecule has 0 amide bonds. The minimum absolute atomic E-state index is 0.634. The molecule has 0 radical (unpaired) electrons. The van der Waals surface area contributed by atoms with E-state index in [-0.39, 0.29) is 0 Å². The van der Waals surface area contributed by atoms with Gasteiger partial charge in [0.1, 0.15) is 11.2 Å². The van der Waals surface area contributed by atoms with Crippen LogP contribution in [0.5, 0.6) is 0 Å². The molecule has 5 aromatic carbocycles. The number of furan rings is 1. The summed E-state index contributed by atoms with van der Waals surface area (Å²) in [7, 11) is 0. The predicted octanol–water partition coefficient (Wildman–Crippen LogP) is 10.2. The van der Waals surface area contributed by atoms with E-state index in [1.807, 2.05) is 42.6 Å². The monoisotopic (exact) mass is 498 g/mol. The first-order chi connectivity index (χ1) is 19.3. The van der Waals surface area contributed by atoms with Crippen LogP contribution in [0.15, 0.2) is 138 Å². The van der Waals surface area contributed by atoms with Crippen LogP contribution in [-0.2, 0) is 0 Å². The van der Waals surface area contributed by atoms with Crippen LogP contribution >= 0.6 is 0 Å². The van der Waals surface area contributed by atoms with Crippen molar-refractivity contribution >= 4 is 27.6 Å². The summed E-state index contributed by atoms with van der Waals surface area (Å²) in [5.74, 6) is 0. The van der Waals surface area contributed by atoms with E-state index in [4.69, 9.17) is 11.0 Å². The Hall–Kier alpha value is -5.46. The molecule has 39 heavy (non-hydrogen) atoms. The normalized spacial score (nSPS) is 11.1. The highest BCUT2D eigenvalue weighted by Crippen LogP contribution is 2.43. The molecule has 3 heteroatoms. The number of rotatable bonds is 4. The third-order valence-corrected chi connectivity index (χ3v) is 7.24. The molecule has 0 unspecified atom stereocenters. The zero-order chi connectivity index (χ0) is 26.2. The first-order valence-electron chi connectivity index (χ1n) is 12.8. The van der Waals surface area contributed by atoms with Crippen LogP contribution in [0.3, 0.4) is 0 Å². The van der Waals surface area contributed by atoms with Gasteiger partial charge < -0.3 is 4.42 Å². The van der Waals surface area contributed by atoms with Crippen LogP contribution < -0.4 is 0 Å². The van der Waals surface area contributed by atoms with Crippen LogP contribution in [0.25, 0.3) is 71.3 Å². The van der Waals surface area contributed by atoms with E-state index in [2.05, 4.69) is 94.8 Å². The van der Waals surface area contributed by atoms with Gasteiger partial charge in [0.25, 0.3) is 0 Å². The van der Waals surface area contributed by atoms with Gasteiger partial charge in [-0.1, -0.05) is 115 Å². The van der Waals surface area contributed by atoms with Crippen molar-refractivity contribution in [2.75, 3.05) is 0 Å². The Labute approximate surface area is 226 Å². The lowest BCUT2D eigenvalue weighted by atomic mass is 9.93. The lowest BCUT2D eigenvalue weighted by Gasteiger charge is -2.11. The van der Waals surface area contributed by atoms with Gasteiger partial charge in [0.15, 0.2) is 5.69 Å². The summed E-state index contributed by atoms with van der Waals surface area (Å²) in [5, 5.41) is 2.17. The number of pyridine rings is 1. The van der Waals surface area contributed by atoms with Gasteiger partial charge in [0, 0.05) is 39.9 Å². The Morgan fingerprint density at radius 1 is 0.487 bits per heavy atom. The fourth-order valence-corrected chi connectivity index (χ4v) is 5.42. The van der Waals surface area contributed by atoms with Crippen molar-refractivity contribution in [3.05, 3.63) is 145 Å². The largest absolute Gasteiger partial charge is 0.455 e. The topological polar surface area (TPSA) is 30.4 Å².